The van der Waals surface area contributed by atoms with Crippen LogP contribution in [0, 0.1) is 5.92 Å². The summed E-state index contributed by atoms with van der Waals surface area (Å²) in [5.41, 5.74) is 0. The molecule has 3 amide bonds. The molecule has 12 nitrogen and oxygen atoms in total. The number of hydrogen-bond donors (Lipinski definition) is 4. The van der Waals surface area contributed by atoms with Gasteiger partial charge in [-0.05, 0) is 52.9 Å². The summed E-state index contributed by atoms with van der Waals surface area (Å²) in [5, 5.41) is 10.6. The zero-order valence-electron chi connectivity index (χ0n) is 22.0. The largest absolute Gasteiger partial charge is 0.464 e. The molecule has 4 N–H and O–H groups in total. The van der Waals surface area contributed by atoms with Crippen molar-refractivity contribution < 1.29 is 37.5 Å². The van der Waals surface area contributed by atoms with E-state index in [1.165, 1.54) is 13.8 Å². The van der Waals surface area contributed by atoms with E-state index in [0.29, 0.717) is 19.4 Å². The fourth-order valence-electron chi connectivity index (χ4n) is 3.08. The summed E-state index contributed by atoms with van der Waals surface area (Å²) >= 11 is 0. The Hall–Kier alpha value is -2.01. The second-order valence-electron chi connectivity index (χ2n) is 8.20. The minimum Gasteiger partial charge on any atom is -0.464 e. The molecule has 0 fully saturated rings. The monoisotopic (exact) mass is 522 g/mol. The minimum absolute atomic E-state index is 0.173. The van der Waals surface area contributed by atoms with Crippen LogP contribution in [0.2, 0.25) is 0 Å². The lowest BCUT2D eigenvalue weighted by Crippen LogP contribution is -2.56. The lowest BCUT2D eigenvalue weighted by Gasteiger charge is -2.25. The Balaban J connectivity index is 5.23. The van der Waals surface area contributed by atoms with E-state index in [9.17, 15) is 23.7 Å². The fourth-order valence-corrected chi connectivity index (χ4v) is 4.45. The SMILES string of the molecule is CCOC(=O)[C@H](NC(=O)[C@H](CCCCNP(=O)(OCC)OCC)NC(=O)[C@H](C)NC(C)=O)C(C)C. The van der Waals surface area contributed by atoms with Crippen LogP contribution in [-0.4, -0.2) is 68.2 Å². The average molecular weight is 523 g/mol. The Morgan fingerprint density at radius 2 is 1.43 bits per heavy atom. The van der Waals surface area contributed by atoms with E-state index in [-0.39, 0.29) is 38.1 Å². The third-order valence-corrected chi connectivity index (χ3v) is 6.58. The molecule has 35 heavy (non-hydrogen) atoms. The maximum Gasteiger partial charge on any atom is 0.405 e. The van der Waals surface area contributed by atoms with Crippen molar-refractivity contribution in [1.82, 2.24) is 21.0 Å². The van der Waals surface area contributed by atoms with Gasteiger partial charge in [0.2, 0.25) is 17.7 Å². The Labute approximate surface area is 208 Å². The van der Waals surface area contributed by atoms with Gasteiger partial charge in [-0.1, -0.05) is 13.8 Å². The van der Waals surface area contributed by atoms with E-state index in [1.54, 1.807) is 34.6 Å². The number of carbonyl (C=O) groups is 4. The molecule has 3 atom stereocenters. The summed E-state index contributed by atoms with van der Waals surface area (Å²) in [4.78, 5) is 49.1. The molecule has 0 rings (SSSR count). The highest BCUT2D eigenvalue weighted by molar-refractivity contribution is 7.51. The maximum absolute atomic E-state index is 13.0. The van der Waals surface area contributed by atoms with Gasteiger partial charge in [-0.2, -0.15) is 0 Å². The van der Waals surface area contributed by atoms with E-state index in [4.69, 9.17) is 13.8 Å². The van der Waals surface area contributed by atoms with Crippen LogP contribution in [0.15, 0.2) is 0 Å². The van der Waals surface area contributed by atoms with Crippen LogP contribution in [0.5, 0.6) is 0 Å². The van der Waals surface area contributed by atoms with E-state index in [1.807, 2.05) is 0 Å². The van der Waals surface area contributed by atoms with E-state index < -0.39 is 43.7 Å². The van der Waals surface area contributed by atoms with Crippen molar-refractivity contribution in [2.24, 2.45) is 5.92 Å². The van der Waals surface area contributed by atoms with Crippen molar-refractivity contribution in [3.63, 3.8) is 0 Å². The van der Waals surface area contributed by atoms with Crippen LogP contribution < -0.4 is 21.0 Å². The second-order valence-corrected chi connectivity index (χ2v) is 10.0. The van der Waals surface area contributed by atoms with Crippen LogP contribution in [0.25, 0.3) is 0 Å². The summed E-state index contributed by atoms with van der Waals surface area (Å²) in [6.45, 7) is 12.4. The van der Waals surface area contributed by atoms with Crippen molar-refractivity contribution in [2.45, 2.75) is 85.9 Å². The van der Waals surface area contributed by atoms with Gasteiger partial charge in [0.05, 0.1) is 19.8 Å². The summed E-state index contributed by atoms with van der Waals surface area (Å²) in [6, 6.07) is -2.68. The van der Waals surface area contributed by atoms with Gasteiger partial charge in [0.1, 0.15) is 18.1 Å². The van der Waals surface area contributed by atoms with Gasteiger partial charge in [-0.25, -0.2) is 14.4 Å². The number of amides is 3. The van der Waals surface area contributed by atoms with Crippen LogP contribution >= 0.6 is 7.75 Å². The summed E-state index contributed by atoms with van der Waals surface area (Å²) in [5.74, 6) is -2.24. The van der Waals surface area contributed by atoms with Crippen molar-refractivity contribution in [3.05, 3.63) is 0 Å². The van der Waals surface area contributed by atoms with Gasteiger partial charge in [-0.3, -0.25) is 23.4 Å². The lowest BCUT2D eigenvalue weighted by atomic mass is 10.0. The molecule has 0 saturated carbocycles. The highest BCUT2D eigenvalue weighted by atomic mass is 31.2. The number of hydrogen-bond acceptors (Lipinski definition) is 8. The van der Waals surface area contributed by atoms with Gasteiger partial charge in [-0.15, -0.1) is 0 Å². The van der Waals surface area contributed by atoms with E-state index in [2.05, 4.69) is 21.0 Å². The molecule has 0 aliphatic heterocycles. The topological polar surface area (TPSA) is 161 Å². The van der Waals surface area contributed by atoms with E-state index >= 15 is 0 Å². The number of unbranched alkanes of at least 4 members (excludes halogenated alkanes) is 1. The Bertz CT molecular complexity index is 724. The summed E-state index contributed by atoms with van der Waals surface area (Å²) < 4.78 is 27.9. The predicted octanol–water partition coefficient (Wildman–Crippen LogP) is 1.64. The molecular weight excluding hydrogens is 479 g/mol. The van der Waals surface area contributed by atoms with Crippen molar-refractivity contribution in [2.75, 3.05) is 26.4 Å². The lowest BCUT2D eigenvalue weighted by molar-refractivity contribution is -0.149. The molecule has 0 aromatic carbocycles. The van der Waals surface area contributed by atoms with Gasteiger partial charge >= 0.3 is 13.7 Å². The first-order valence-corrected chi connectivity index (χ1v) is 13.6. The zero-order valence-corrected chi connectivity index (χ0v) is 22.9. The highest BCUT2D eigenvalue weighted by Gasteiger charge is 2.30. The molecular formula is C22H43N4O8P. The van der Waals surface area contributed by atoms with Crippen molar-refractivity contribution in [3.8, 4) is 0 Å². The van der Waals surface area contributed by atoms with Crippen molar-refractivity contribution >= 4 is 31.4 Å². The number of rotatable bonds is 18. The van der Waals surface area contributed by atoms with Crippen molar-refractivity contribution in [1.29, 1.82) is 0 Å². The number of nitrogens with one attached hydrogen (secondary N) is 4. The molecule has 0 aromatic rings. The fraction of sp³-hybridized carbons (Fsp3) is 0.818. The number of esters is 1. The van der Waals surface area contributed by atoms with Gasteiger partial charge in [0.15, 0.2) is 0 Å². The average Bonchev–Trinajstić information content (AvgIpc) is 2.75. The van der Waals surface area contributed by atoms with Crippen LogP contribution in [0.1, 0.15) is 67.7 Å². The van der Waals surface area contributed by atoms with Crippen LogP contribution in [0.4, 0.5) is 0 Å². The number of ether oxygens (including phenoxy) is 1. The molecule has 0 aromatic heterocycles. The molecule has 0 spiro atoms. The molecule has 0 bridgehead atoms. The predicted molar refractivity (Wildman–Crippen MR) is 131 cm³/mol. The van der Waals surface area contributed by atoms with Crippen LogP contribution in [-0.2, 0) is 37.5 Å². The molecule has 0 heterocycles. The Morgan fingerprint density at radius 1 is 0.829 bits per heavy atom. The highest BCUT2D eigenvalue weighted by Crippen LogP contribution is 2.43. The normalized spacial score (nSPS) is 14.1. The molecule has 0 aliphatic carbocycles. The molecule has 0 aliphatic rings. The molecule has 204 valence electrons. The third-order valence-electron chi connectivity index (χ3n) is 4.77. The first-order chi connectivity index (χ1) is 16.4. The summed E-state index contributed by atoms with van der Waals surface area (Å²) in [7, 11) is -3.39. The Kier molecular flexibility index (Phi) is 16.4. The first-order valence-electron chi connectivity index (χ1n) is 12.1. The van der Waals surface area contributed by atoms with E-state index in [0.717, 1.165) is 0 Å². The van der Waals surface area contributed by atoms with Gasteiger partial charge in [0.25, 0.3) is 0 Å². The summed E-state index contributed by atoms with van der Waals surface area (Å²) in [6.07, 6.45) is 1.23. The minimum atomic E-state index is -3.39. The van der Waals surface area contributed by atoms with Gasteiger partial charge < -0.3 is 20.7 Å². The number of carbonyl (C=O) groups excluding carboxylic acids is 4. The quantitative estimate of drug-likeness (QED) is 0.119. The van der Waals surface area contributed by atoms with Crippen LogP contribution in [0.3, 0.4) is 0 Å². The molecule has 13 heteroatoms. The smallest absolute Gasteiger partial charge is 0.405 e. The maximum atomic E-state index is 13.0. The molecule has 0 unspecified atom stereocenters. The Morgan fingerprint density at radius 3 is 1.91 bits per heavy atom. The molecule has 0 saturated heterocycles. The van der Waals surface area contributed by atoms with Gasteiger partial charge in [0, 0.05) is 13.5 Å². The zero-order chi connectivity index (χ0) is 27.0. The standard InChI is InChI=1S/C22H43N4O8P/c1-8-32-22(30)19(15(4)5)26-21(29)18(25-20(28)16(6)24-17(7)27)13-11-12-14-23-35(31,33-9-2)34-10-3/h15-16,18-19H,8-14H2,1-7H3,(H,23,31)(H,24,27)(H,25,28)(H,26,29)/t16-,18-,19+/m0/s1. The molecule has 0 radical (unpaired) electrons. The third kappa shape index (κ3) is 13.6. The first kappa shape index (κ1) is 33.0. The second kappa shape index (κ2) is 17.4.